The van der Waals surface area contributed by atoms with Crippen LogP contribution in [0.5, 0.6) is 5.75 Å². The molecule has 7 nitrogen and oxygen atoms in total. The van der Waals surface area contributed by atoms with Gasteiger partial charge in [-0.15, -0.1) is 0 Å². The molecule has 2 N–H and O–H groups in total. The molecule has 0 aliphatic carbocycles. The van der Waals surface area contributed by atoms with E-state index in [1.165, 1.54) is 19.1 Å². The summed E-state index contributed by atoms with van der Waals surface area (Å²) in [5, 5.41) is 12.7. The van der Waals surface area contributed by atoms with Gasteiger partial charge >= 0.3 is 11.6 Å². The van der Waals surface area contributed by atoms with Crippen molar-refractivity contribution in [3.63, 3.8) is 0 Å². The molecular weight excluding hydrogens is 374 g/mol. The molecule has 3 rings (SSSR count). The third-order valence-electron chi connectivity index (χ3n) is 4.50. The number of rotatable bonds is 7. The zero-order valence-electron chi connectivity index (χ0n) is 16.0. The van der Waals surface area contributed by atoms with Gasteiger partial charge in [0.25, 0.3) is 5.91 Å². The normalized spacial score (nSPS) is 12.9. The number of carbonyl (C=O) groups is 2. The summed E-state index contributed by atoms with van der Waals surface area (Å²) in [6.45, 7) is 3.32. The predicted octanol–water partition coefficient (Wildman–Crippen LogP) is 2.68. The zero-order valence-corrected chi connectivity index (χ0v) is 16.0. The monoisotopic (exact) mass is 395 g/mol. The van der Waals surface area contributed by atoms with Crippen LogP contribution in [0.15, 0.2) is 63.8 Å². The summed E-state index contributed by atoms with van der Waals surface area (Å²) in [6.07, 6.45) is -0.781. The minimum atomic E-state index is -1.13. The summed E-state index contributed by atoms with van der Waals surface area (Å²) in [5.74, 6) is -1.35. The topological polar surface area (TPSA) is 106 Å². The maximum Gasteiger partial charge on any atom is 0.336 e. The fourth-order valence-corrected chi connectivity index (χ4v) is 2.98. The largest absolute Gasteiger partial charge is 0.481 e. The van der Waals surface area contributed by atoms with Gasteiger partial charge in [0.2, 0.25) is 0 Å². The Kier molecular flexibility index (Phi) is 5.97. The Hall–Kier alpha value is -3.61. The van der Waals surface area contributed by atoms with Crippen molar-refractivity contribution in [3.8, 4) is 5.75 Å². The molecule has 29 heavy (non-hydrogen) atoms. The molecule has 0 spiro atoms. The van der Waals surface area contributed by atoms with Crippen LogP contribution in [-0.4, -0.2) is 29.1 Å². The van der Waals surface area contributed by atoms with E-state index in [1.54, 1.807) is 31.2 Å². The quantitative estimate of drug-likeness (QED) is 0.596. The number of amides is 1. The number of aryl methyl sites for hydroxylation is 1. The summed E-state index contributed by atoms with van der Waals surface area (Å²) in [4.78, 5) is 35.5. The van der Waals surface area contributed by atoms with Gasteiger partial charge in [-0.2, -0.15) is 0 Å². The van der Waals surface area contributed by atoms with Crippen LogP contribution in [0.1, 0.15) is 18.1 Å². The van der Waals surface area contributed by atoms with E-state index in [4.69, 9.17) is 9.15 Å². The molecule has 1 unspecified atom stereocenters. The van der Waals surface area contributed by atoms with Crippen molar-refractivity contribution in [3.05, 3.63) is 76.1 Å². The average Bonchev–Trinajstić information content (AvgIpc) is 2.67. The Morgan fingerprint density at radius 3 is 2.55 bits per heavy atom. The van der Waals surface area contributed by atoms with E-state index in [-0.39, 0.29) is 6.42 Å². The molecule has 1 amide bonds. The van der Waals surface area contributed by atoms with Gasteiger partial charge in [0.1, 0.15) is 17.4 Å². The first-order chi connectivity index (χ1) is 13.8. The molecular formula is C22H21NO6. The first kappa shape index (κ1) is 20.1. The van der Waals surface area contributed by atoms with Gasteiger partial charge in [0, 0.05) is 23.9 Å². The van der Waals surface area contributed by atoms with Crippen molar-refractivity contribution in [1.29, 1.82) is 0 Å². The highest BCUT2D eigenvalue weighted by atomic mass is 16.5. The molecule has 1 heterocycles. The first-order valence-corrected chi connectivity index (χ1v) is 9.12. The zero-order chi connectivity index (χ0) is 21.0. The van der Waals surface area contributed by atoms with E-state index < -0.39 is 29.6 Å². The maximum atomic E-state index is 12.5. The van der Waals surface area contributed by atoms with Gasteiger partial charge < -0.3 is 19.6 Å². The number of carbonyl (C=O) groups excluding carboxylic acids is 1. The minimum Gasteiger partial charge on any atom is -0.481 e. The molecule has 0 bridgehead atoms. The lowest BCUT2D eigenvalue weighted by Gasteiger charge is -2.19. The highest BCUT2D eigenvalue weighted by Gasteiger charge is 2.24. The molecule has 0 saturated heterocycles. The van der Waals surface area contributed by atoms with Crippen LogP contribution in [-0.2, 0) is 16.0 Å². The molecule has 0 aliphatic heterocycles. The Morgan fingerprint density at radius 2 is 1.86 bits per heavy atom. The summed E-state index contributed by atoms with van der Waals surface area (Å²) in [7, 11) is 0. The van der Waals surface area contributed by atoms with Crippen LogP contribution in [0.25, 0.3) is 11.0 Å². The number of hydrogen-bond acceptors (Lipinski definition) is 5. The number of carboxylic acid groups (broad SMARTS) is 1. The maximum absolute atomic E-state index is 12.5. The van der Waals surface area contributed by atoms with Crippen LogP contribution >= 0.6 is 0 Å². The number of carboxylic acids is 1. The highest BCUT2D eigenvalue weighted by molar-refractivity contribution is 5.86. The molecule has 7 heteroatoms. The number of ether oxygens (including phenoxy) is 1. The van der Waals surface area contributed by atoms with Crippen molar-refractivity contribution >= 4 is 22.8 Å². The van der Waals surface area contributed by atoms with Crippen LogP contribution in [0, 0.1) is 6.92 Å². The van der Waals surface area contributed by atoms with Crippen molar-refractivity contribution < 1.29 is 23.8 Å². The summed E-state index contributed by atoms with van der Waals surface area (Å²) < 4.78 is 10.8. The number of benzene rings is 2. The lowest BCUT2D eigenvalue weighted by molar-refractivity contribution is -0.142. The molecule has 0 radical (unpaired) electrons. The second-order valence-corrected chi connectivity index (χ2v) is 6.76. The molecule has 2 aromatic carbocycles. The second-order valence-electron chi connectivity index (χ2n) is 6.76. The Labute approximate surface area is 166 Å². The number of fused-ring (bicyclic) bond motifs is 1. The fraction of sp³-hybridized carbons (Fsp3) is 0.227. The van der Waals surface area contributed by atoms with Crippen LogP contribution in [0.4, 0.5) is 0 Å². The van der Waals surface area contributed by atoms with E-state index in [0.29, 0.717) is 11.3 Å². The SMILES string of the molecule is Cc1cc(=O)oc2cc(OC(C)C(=O)N[C@H](Cc3ccccc3)C(=O)O)ccc12. The number of aliphatic carboxylic acids is 1. The lowest BCUT2D eigenvalue weighted by Crippen LogP contribution is -2.47. The first-order valence-electron chi connectivity index (χ1n) is 9.12. The van der Waals surface area contributed by atoms with Crippen molar-refractivity contribution in [1.82, 2.24) is 5.32 Å². The minimum absolute atomic E-state index is 0.162. The third-order valence-corrected chi connectivity index (χ3v) is 4.50. The van der Waals surface area contributed by atoms with Crippen molar-refractivity contribution in [2.75, 3.05) is 0 Å². The van der Waals surface area contributed by atoms with Gasteiger partial charge in [-0.1, -0.05) is 30.3 Å². The van der Waals surface area contributed by atoms with E-state index in [9.17, 15) is 19.5 Å². The van der Waals surface area contributed by atoms with Gasteiger partial charge in [0.15, 0.2) is 6.10 Å². The van der Waals surface area contributed by atoms with E-state index >= 15 is 0 Å². The predicted molar refractivity (Wildman–Crippen MR) is 107 cm³/mol. The van der Waals surface area contributed by atoms with Crippen molar-refractivity contribution in [2.45, 2.75) is 32.4 Å². The van der Waals surface area contributed by atoms with Gasteiger partial charge in [-0.3, -0.25) is 4.79 Å². The summed E-state index contributed by atoms with van der Waals surface area (Å²) in [5.41, 5.74) is 1.46. The second kappa shape index (κ2) is 8.60. The highest BCUT2D eigenvalue weighted by Crippen LogP contribution is 2.23. The van der Waals surface area contributed by atoms with Crippen molar-refractivity contribution in [2.24, 2.45) is 0 Å². The number of hydrogen-bond donors (Lipinski definition) is 2. The molecule has 0 saturated carbocycles. The molecule has 150 valence electrons. The van der Waals surface area contributed by atoms with Crippen LogP contribution in [0.2, 0.25) is 0 Å². The molecule has 0 fully saturated rings. The Morgan fingerprint density at radius 1 is 1.14 bits per heavy atom. The molecule has 0 aliphatic rings. The number of nitrogens with one attached hydrogen (secondary N) is 1. The standard InChI is InChI=1S/C22H21NO6/c1-13-10-20(24)29-19-12-16(8-9-17(13)19)28-14(2)21(25)23-18(22(26)27)11-15-6-4-3-5-7-15/h3-10,12,14,18H,11H2,1-2H3,(H,23,25)(H,26,27)/t14?,18-/m1/s1. The van der Waals surface area contributed by atoms with Crippen LogP contribution in [0.3, 0.4) is 0 Å². The van der Waals surface area contributed by atoms with Gasteiger partial charge in [-0.05, 0) is 37.1 Å². The molecule has 2 atom stereocenters. The lowest BCUT2D eigenvalue weighted by atomic mass is 10.1. The summed E-state index contributed by atoms with van der Waals surface area (Å²) >= 11 is 0. The van der Waals surface area contributed by atoms with Gasteiger partial charge in [0.05, 0.1) is 0 Å². The fourth-order valence-electron chi connectivity index (χ4n) is 2.98. The average molecular weight is 395 g/mol. The Bertz CT molecular complexity index is 1090. The van der Waals surface area contributed by atoms with Crippen LogP contribution < -0.4 is 15.7 Å². The van der Waals surface area contributed by atoms with E-state index in [1.807, 2.05) is 18.2 Å². The van der Waals surface area contributed by atoms with E-state index in [2.05, 4.69) is 5.32 Å². The Balaban J connectivity index is 1.70. The molecule has 3 aromatic rings. The van der Waals surface area contributed by atoms with Gasteiger partial charge in [-0.25, -0.2) is 9.59 Å². The van der Waals surface area contributed by atoms with E-state index in [0.717, 1.165) is 16.5 Å². The third kappa shape index (κ3) is 5.01. The summed E-state index contributed by atoms with van der Waals surface area (Å²) in [6, 6.07) is 14.3. The molecule has 1 aromatic heterocycles. The smallest absolute Gasteiger partial charge is 0.336 e.